The molecule has 3 aliphatic rings. The lowest BCUT2D eigenvalue weighted by molar-refractivity contribution is -0.310. The van der Waals surface area contributed by atoms with Crippen LogP contribution in [-0.2, 0) is 19.1 Å². The lowest BCUT2D eigenvalue weighted by Crippen LogP contribution is -2.53. The van der Waals surface area contributed by atoms with Gasteiger partial charge in [0.1, 0.15) is 6.17 Å². The third-order valence-electron chi connectivity index (χ3n) is 7.76. The third-order valence-corrected chi connectivity index (χ3v) is 7.76. The van der Waals surface area contributed by atoms with Crippen LogP contribution < -0.4 is 5.32 Å². The molecular weight excluding hydrogens is 484 g/mol. The van der Waals surface area contributed by atoms with E-state index in [1.165, 1.54) is 7.11 Å². The van der Waals surface area contributed by atoms with Gasteiger partial charge in [-0.2, -0.15) is 22.0 Å². The number of nitrogens with one attached hydrogen (secondary N) is 1. The van der Waals surface area contributed by atoms with Gasteiger partial charge in [0.2, 0.25) is 5.91 Å². The Hall–Kier alpha value is -1.56. The Kier molecular flexibility index (Phi) is 8.99. The Balaban J connectivity index is 1.72. The Morgan fingerprint density at radius 3 is 2.09 bits per heavy atom. The number of carbonyl (C=O) groups excluding carboxylic acids is 1. The van der Waals surface area contributed by atoms with Crippen molar-refractivity contribution >= 4 is 11.9 Å². The molecule has 6 unspecified atom stereocenters. The van der Waals surface area contributed by atoms with Crippen LogP contribution in [0, 0.1) is 17.8 Å². The van der Waals surface area contributed by atoms with Crippen LogP contribution in [0.15, 0.2) is 0 Å². The Labute approximate surface area is 200 Å². The van der Waals surface area contributed by atoms with E-state index in [1.807, 2.05) is 0 Å². The maximum Gasteiger partial charge on any atom is 0.453 e. The van der Waals surface area contributed by atoms with Crippen LogP contribution in [0.25, 0.3) is 0 Å². The number of alkyl halides is 6. The van der Waals surface area contributed by atoms with Crippen LogP contribution >= 0.6 is 0 Å². The molecule has 12 heteroatoms. The number of amides is 1. The van der Waals surface area contributed by atoms with Crippen molar-refractivity contribution < 1.29 is 50.5 Å². The highest BCUT2D eigenvalue weighted by atomic mass is 19.4. The van der Waals surface area contributed by atoms with Crippen molar-refractivity contribution in [2.45, 2.75) is 107 Å². The topological polar surface area (TPSA) is 84.9 Å². The first-order chi connectivity index (χ1) is 16.3. The second-order valence-electron chi connectivity index (χ2n) is 10.0. The van der Waals surface area contributed by atoms with E-state index in [-0.39, 0.29) is 31.7 Å². The first kappa shape index (κ1) is 28.0. The van der Waals surface area contributed by atoms with Crippen molar-refractivity contribution in [3.63, 3.8) is 0 Å². The summed E-state index contributed by atoms with van der Waals surface area (Å²) in [6.45, 7) is 0. The molecule has 3 fully saturated rings. The molecule has 6 atom stereocenters. The van der Waals surface area contributed by atoms with Crippen LogP contribution in [0.2, 0.25) is 0 Å². The molecule has 3 saturated carbocycles. The summed E-state index contributed by atoms with van der Waals surface area (Å²) in [6.07, 6.45) is -8.88. The predicted molar refractivity (Wildman–Crippen MR) is 112 cm³/mol. The molecule has 6 nitrogen and oxygen atoms in total. The van der Waals surface area contributed by atoms with E-state index < -0.39 is 79.1 Å². The highest BCUT2D eigenvalue weighted by molar-refractivity contribution is 5.79. The van der Waals surface area contributed by atoms with Crippen molar-refractivity contribution in [3.8, 4) is 0 Å². The largest absolute Gasteiger partial charge is 0.481 e. The molecule has 0 saturated heterocycles. The molecule has 35 heavy (non-hydrogen) atoms. The van der Waals surface area contributed by atoms with Gasteiger partial charge in [0, 0.05) is 25.5 Å². The van der Waals surface area contributed by atoms with Crippen LogP contribution in [0.1, 0.15) is 64.2 Å². The number of hydrogen-bond acceptors (Lipinski definition) is 4. The van der Waals surface area contributed by atoms with Gasteiger partial charge in [-0.3, -0.25) is 9.59 Å². The summed E-state index contributed by atoms with van der Waals surface area (Å²) in [4.78, 5) is 24.2. The van der Waals surface area contributed by atoms with Gasteiger partial charge in [-0.1, -0.05) is 0 Å². The first-order valence-corrected chi connectivity index (χ1v) is 12.1. The molecule has 0 spiro atoms. The fourth-order valence-corrected chi connectivity index (χ4v) is 5.61. The number of carboxylic acids is 1. The molecular formula is C23H33F6NO5. The Morgan fingerprint density at radius 1 is 0.857 bits per heavy atom. The van der Waals surface area contributed by atoms with E-state index in [0.29, 0.717) is 25.7 Å². The SMILES string of the molecule is COC1CC(F)CCC1OC1CC(C(F)(F)C(F)(F)F)CCC1C(=O)NC1CCC(C(=O)O)CC1. The van der Waals surface area contributed by atoms with Crippen LogP contribution in [0.3, 0.4) is 0 Å². The molecule has 0 radical (unpaired) electrons. The molecule has 0 bridgehead atoms. The zero-order valence-corrected chi connectivity index (χ0v) is 19.5. The van der Waals surface area contributed by atoms with E-state index in [0.717, 1.165) is 0 Å². The number of ether oxygens (including phenoxy) is 2. The summed E-state index contributed by atoms with van der Waals surface area (Å²) in [5.41, 5.74) is 0. The van der Waals surface area contributed by atoms with E-state index in [4.69, 9.17) is 14.6 Å². The molecule has 3 rings (SSSR count). The summed E-state index contributed by atoms with van der Waals surface area (Å²) in [5, 5.41) is 11.9. The summed E-state index contributed by atoms with van der Waals surface area (Å²) < 4.78 is 92.5. The van der Waals surface area contributed by atoms with E-state index in [9.17, 15) is 35.9 Å². The minimum atomic E-state index is -5.72. The van der Waals surface area contributed by atoms with Gasteiger partial charge in [-0.05, 0) is 57.8 Å². The summed E-state index contributed by atoms with van der Waals surface area (Å²) in [6, 6.07) is -0.304. The minimum absolute atomic E-state index is 0.0136. The molecule has 0 heterocycles. The zero-order valence-electron chi connectivity index (χ0n) is 19.5. The number of aliphatic carboxylic acids is 1. The van der Waals surface area contributed by atoms with E-state index >= 15 is 0 Å². The van der Waals surface area contributed by atoms with E-state index in [2.05, 4.69) is 5.32 Å². The fraction of sp³-hybridized carbons (Fsp3) is 0.913. The average Bonchev–Trinajstić information content (AvgIpc) is 2.79. The standard InChI is InChI=1S/C23H33F6NO5/c1-34-19-11-14(24)5-9-17(19)35-18-10-13(22(25,26)23(27,28)29)4-8-16(18)20(31)30-15-6-2-12(3-7-15)21(32)33/h12-19H,2-11H2,1H3,(H,30,31)(H,32,33). The lowest BCUT2D eigenvalue weighted by Gasteiger charge is -2.42. The number of rotatable bonds is 7. The van der Waals surface area contributed by atoms with Crippen molar-refractivity contribution in [1.29, 1.82) is 0 Å². The second-order valence-corrected chi connectivity index (χ2v) is 10.0. The second kappa shape index (κ2) is 11.2. The van der Waals surface area contributed by atoms with Crippen molar-refractivity contribution in [2.75, 3.05) is 7.11 Å². The third kappa shape index (κ3) is 6.61. The maximum absolute atomic E-state index is 14.2. The van der Waals surface area contributed by atoms with Crippen molar-refractivity contribution in [2.24, 2.45) is 17.8 Å². The van der Waals surface area contributed by atoms with Gasteiger partial charge in [-0.25, -0.2) is 4.39 Å². The van der Waals surface area contributed by atoms with Gasteiger partial charge in [0.05, 0.1) is 30.1 Å². The fourth-order valence-electron chi connectivity index (χ4n) is 5.61. The van der Waals surface area contributed by atoms with E-state index in [1.54, 1.807) is 0 Å². The highest BCUT2D eigenvalue weighted by Gasteiger charge is 2.63. The maximum atomic E-state index is 14.2. The molecule has 0 aromatic rings. The van der Waals surface area contributed by atoms with Gasteiger partial charge in [-0.15, -0.1) is 0 Å². The average molecular weight is 518 g/mol. The molecule has 2 N–H and O–H groups in total. The van der Waals surface area contributed by atoms with Crippen molar-refractivity contribution in [3.05, 3.63) is 0 Å². The molecule has 0 aromatic carbocycles. The van der Waals surface area contributed by atoms with Crippen LogP contribution in [-0.4, -0.2) is 66.7 Å². The summed E-state index contributed by atoms with van der Waals surface area (Å²) in [5.74, 6) is -9.81. The minimum Gasteiger partial charge on any atom is -0.481 e. The Morgan fingerprint density at radius 2 is 1.51 bits per heavy atom. The quantitative estimate of drug-likeness (QED) is 0.481. The monoisotopic (exact) mass is 517 g/mol. The van der Waals surface area contributed by atoms with Gasteiger partial charge in [0.25, 0.3) is 0 Å². The molecule has 3 aliphatic carbocycles. The smallest absolute Gasteiger partial charge is 0.453 e. The van der Waals surface area contributed by atoms with Gasteiger partial charge in [0.15, 0.2) is 0 Å². The number of methoxy groups -OCH3 is 1. The normalized spacial score (nSPS) is 37.0. The first-order valence-electron chi connectivity index (χ1n) is 12.1. The predicted octanol–water partition coefficient (Wildman–Crippen LogP) is 4.65. The van der Waals surface area contributed by atoms with Gasteiger partial charge >= 0.3 is 18.1 Å². The number of carboxylic acid groups (broad SMARTS) is 1. The lowest BCUT2D eigenvalue weighted by atomic mass is 9.75. The number of carbonyl (C=O) groups is 2. The zero-order chi connectivity index (χ0) is 26.0. The number of halogens is 6. The van der Waals surface area contributed by atoms with Crippen LogP contribution in [0.5, 0.6) is 0 Å². The molecule has 1 amide bonds. The highest BCUT2D eigenvalue weighted by Crippen LogP contribution is 2.48. The van der Waals surface area contributed by atoms with Crippen LogP contribution in [0.4, 0.5) is 26.3 Å². The summed E-state index contributed by atoms with van der Waals surface area (Å²) >= 11 is 0. The number of hydrogen-bond donors (Lipinski definition) is 2. The van der Waals surface area contributed by atoms with Gasteiger partial charge < -0.3 is 19.9 Å². The molecule has 202 valence electrons. The molecule has 0 aliphatic heterocycles. The summed E-state index contributed by atoms with van der Waals surface area (Å²) in [7, 11) is 1.35. The van der Waals surface area contributed by atoms with Crippen molar-refractivity contribution in [1.82, 2.24) is 5.32 Å². The molecule has 0 aromatic heterocycles. The Bertz CT molecular complexity index is 742.